The zero-order valence-electron chi connectivity index (χ0n) is 9.35. The van der Waals surface area contributed by atoms with Gasteiger partial charge >= 0.3 is 5.97 Å². The van der Waals surface area contributed by atoms with Gasteiger partial charge in [-0.3, -0.25) is 0 Å². The molecule has 1 aliphatic rings. The van der Waals surface area contributed by atoms with Crippen molar-refractivity contribution in [3.63, 3.8) is 0 Å². The second-order valence-electron chi connectivity index (χ2n) is 4.28. The lowest BCUT2D eigenvalue weighted by Gasteiger charge is -2.09. The first-order chi connectivity index (χ1) is 7.70. The number of rotatable bonds is 2. The van der Waals surface area contributed by atoms with Crippen LogP contribution in [-0.2, 0) is 4.74 Å². The van der Waals surface area contributed by atoms with Gasteiger partial charge in [0, 0.05) is 0 Å². The lowest BCUT2D eigenvalue weighted by atomic mass is 9.96. The predicted octanol–water partition coefficient (Wildman–Crippen LogP) is 2.10. The fourth-order valence-electron chi connectivity index (χ4n) is 2.27. The van der Waals surface area contributed by atoms with Gasteiger partial charge in [-0.2, -0.15) is 0 Å². The molecule has 0 aliphatic heterocycles. The Kier molecular flexibility index (Phi) is 3.25. The third-order valence-corrected chi connectivity index (χ3v) is 3.21. The molecule has 2 unspecified atom stereocenters. The van der Waals surface area contributed by atoms with Gasteiger partial charge in [0.05, 0.1) is 18.8 Å². The molecule has 0 saturated heterocycles. The van der Waals surface area contributed by atoms with Crippen molar-refractivity contribution in [2.45, 2.75) is 31.3 Å². The number of carbonyl (C=O) groups is 1. The third-order valence-electron chi connectivity index (χ3n) is 3.21. The van der Waals surface area contributed by atoms with Gasteiger partial charge in [-0.15, -0.1) is 0 Å². The second kappa shape index (κ2) is 4.66. The Labute approximate surface area is 95.0 Å². The third kappa shape index (κ3) is 2.25. The van der Waals surface area contributed by atoms with Gasteiger partial charge in [0.15, 0.2) is 0 Å². The predicted molar refractivity (Wildman–Crippen MR) is 60.4 cm³/mol. The van der Waals surface area contributed by atoms with Crippen molar-refractivity contribution in [3.05, 3.63) is 35.4 Å². The van der Waals surface area contributed by atoms with E-state index in [0.717, 1.165) is 19.3 Å². The summed E-state index contributed by atoms with van der Waals surface area (Å²) < 4.78 is 4.64. The Balaban J connectivity index is 2.10. The summed E-state index contributed by atoms with van der Waals surface area (Å²) in [7, 11) is 1.38. The molecule has 16 heavy (non-hydrogen) atoms. The van der Waals surface area contributed by atoms with Crippen LogP contribution >= 0.6 is 0 Å². The molecule has 1 fully saturated rings. The summed E-state index contributed by atoms with van der Waals surface area (Å²) in [5, 5.41) is 9.47. The quantitative estimate of drug-likeness (QED) is 0.776. The number of aliphatic hydroxyl groups is 1. The lowest BCUT2D eigenvalue weighted by Crippen LogP contribution is -2.02. The van der Waals surface area contributed by atoms with E-state index in [1.807, 2.05) is 12.1 Å². The minimum Gasteiger partial charge on any atom is -0.465 e. The molecule has 0 amide bonds. The van der Waals surface area contributed by atoms with Crippen LogP contribution in [0.3, 0.4) is 0 Å². The Morgan fingerprint density at radius 3 is 2.50 bits per heavy atom. The van der Waals surface area contributed by atoms with Crippen LogP contribution in [-0.4, -0.2) is 24.3 Å². The number of ether oxygens (including phenoxy) is 1. The maximum atomic E-state index is 11.2. The molecule has 1 aliphatic carbocycles. The summed E-state index contributed by atoms with van der Waals surface area (Å²) in [5.74, 6) is 0.125. The number of carbonyl (C=O) groups excluding carboxylic acids is 1. The number of benzene rings is 1. The minimum absolute atomic E-state index is 0.162. The molecule has 0 spiro atoms. The summed E-state index contributed by atoms with van der Waals surface area (Å²) in [4.78, 5) is 11.2. The highest BCUT2D eigenvalue weighted by Crippen LogP contribution is 2.34. The van der Waals surface area contributed by atoms with Crippen molar-refractivity contribution in [2.24, 2.45) is 0 Å². The molecule has 1 aromatic rings. The van der Waals surface area contributed by atoms with Crippen LogP contribution in [0.25, 0.3) is 0 Å². The molecule has 1 aromatic carbocycles. The van der Waals surface area contributed by atoms with Crippen LogP contribution in [0.1, 0.15) is 41.1 Å². The number of methoxy groups -OCH3 is 1. The van der Waals surface area contributed by atoms with Gasteiger partial charge in [-0.25, -0.2) is 4.79 Å². The van der Waals surface area contributed by atoms with Crippen molar-refractivity contribution >= 4 is 5.97 Å². The second-order valence-corrected chi connectivity index (χ2v) is 4.28. The van der Waals surface area contributed by atoms with E-state index in [9.17, 15) is 9.90 Å². The average Bonchev–Trinajstić information content (AvgIpc) is 2.75. The molecular weight excluding hydrogens is 204 g/mol. The monoisotopic (exact) mass is 220 g/mol. The van der Waals surface area contributed by atoms with Crippen molar-refractivity contribution in [1.29, 1.82) is 0 Å². The molecular formula is C13H16O3. The Bertz CT molecular complexity index is 369. The number of hydrogen-bond donors (Lipinski definition) is 1. The fraction of sp³-hybridized carbons (Fsp3) is 0.462. The minimum atomic E-state index is -0.307. The van der Waals surface area contributed by atoms with Crippen LogP contribution in [0.15, 0.2) is 24.3 Å². The van der Waals surface area contributed by atoms with Crippen molar-refractivity contribution in [1.82, 2.24) is 0 Å². The smallest absolute Gasteiger partial charge is 0.337 e. The van der Waals surface area contributed by atoms with Crippen molar-refractivity contribution in [2.75, 3.05) is 7.11 Å². The largest absolute Gasteiger partial charge is 0.465 e. The molecule has 0 bridgehead atoms. The van der Waals surface area contributed by atoms with E-state index in [1.54, 1.807) is 12.1 Å². The van der Waals surface area contributed by atoms with E-state index >= 15 is 0 Å². The first-order valence-electron chi connectivity index (χ1n) is 5.57. The van der Waals surface area contributed by atoms with Gasteiger partial charge in [0.2, 0.25) is 0 Å². The summed E-state index contributed by atoms with van der Waals surface area (Å²) in [6.45, 7) is 0. The lowest BCUT2D eigenvalue weighted by molar-refractivity contribution is 0.0600. The molecule has 1 N–H and O–H groups in total. The Morgan fingerprint density at radius 2 is 2.00 bits per heavy atom. The molecule has 3 nitrogen and oxygen atoms in total. The van der Waals surface area contributed by atoms with Gasteiger partial charge in [-0.1, -0.05) is 12.1 Å². The summed E-state index contributed by atoms with van der Waals surface area (Å²) in [6, 6.07) is 7.47. The van der Waals surface area contributed by atoms with Crippen LogP contribution in [0.5, 0.6) is 0 Å². The number of hydrogen-bond acceptors (Lipinski definition) is 3. The average molecular weight is 220 g/mol. The number of aliphatic hydroxyl groups excluding tert-OH is 1. The topological polar surface area (TPSA) is 46.5 Å². The Hall–Kier alpha value is -1.35. The van der Waals surface area contributed by atoms with Crippen molar-refractivity contribution < 1.29 is 14.6 Å². The van der Waals surface area contributed by atoms with Gasteiger partial charge < -0.3 is 9.84 Å². The molecule has 3 heteroatoms. The first kappa shape index (κ1) is 11.1. The fourth-order valence-corrected chi connectivity index (χ4v) is 2.27. The highest BCUT2D eigenvalue weighted by Gasteiger charge is 2.24. The highest BCUT2D eigenvalue weighted by atomic mass is 16.5. The number of esters is 1. The SMILES string of the molecule is COC(=O)c1ccc(C2CCC(O)C2)cc1. The summed E-state index contributed by atoms with van der Waals surface area (Å²) >= 11 is 0. The standard InChI is InChI=1S/C13H16O3/c1-16-13(15)10-4-2-9(3-5-10)11-6-7-12(14)8-11/h2-5,11-12,14H,6-8H2,1H3. The van der Waals surface area contributed by atoms with Gasteiger partial charge in [0.25, 0.3) is 0 Å². The van der Waals surface area contributed by atoms with E-state index in [1.165, 1.54) is 12.7 Å². The Morgan fingerprint density at radius 1 is 1.31 bits per heavy atom. The molecule has 2 atom stereocenters. The van der Waals surface area contributed by atoms with Gasteiger partial charge in [0.1, 0.15) is 0 Å². The maximum Gasteiger partial charge on any atom is 0.337 e. The van der Waals surface area contributed by atoms with Crippen LogP contribution < -0.4 is 0 Å². The van der Waals surface area contributed by atoms with E-state index in [4.69, 9.17) is 0 Å². The first-order valence-corrected chi connectivity index (χ1v) is 5.57. The maximum absolute atomic E-state index is 11.2. The normalized spacial score (nSPS) is 24.4. The molecule has 0 heterocycles. The van der Waals surface area contributed by atoms with Crippen LogP contribution in [0.2, 0.25) is 0 Å². The van der Waals surface area contributed by atoms with Crippen LogP contribution in [0, 0.1) is 0 Å². The summed E-state index contributed by atoms with van der Waals surface area (Å²) in [5.41, 5.74) is 1.77. The van der Waals surface area contributed by atoms with E-state index < -0.39 is 0 Å². The molecule has 1 saturated carbocycles. The molecule has 86 valence electrons. The van der Waals surface area contributed by atoms with Gasteiger partial charge in [-0.05, 0) is 42.9 Å². The molecule has 2 rings (SSSR count). The van der Waals surface area contributed by atoms with E-state index in [0.29, 0.717) is 11.5 Å². The molecule has 0 radical (unpaired) electrons. The zero-order chi connectivity index (χ0) is 11.5. The van der Waals surface area contributed by atoms with E-state index in [2.05, 4.69) is 4.74 Å². The van der Waals surface area contributed by atoms with Crippen LogP contribution in [0.4, 0.5) is 0 Å². The van der Waals surface area contributed by atoms with Crippen molar-refractivity contribution in [3.8, 4) is 0 Å². The zero-order valence-corrected chi connectivity index (χ0v) is 9.35. The summed E-state index contributed by atoms with van der Waals surface area (Å²) in [6.07, 6.45) is 2.57. The molecule has 0 aromatic heterocycles. The highest BCUT2D eigenvalue weighted by molar-refractivity contribution is 5.89. The van der Waals surface area contributed by atoms with E-state index in [-0.39, 0.29) is 12.1 Å².